The fraction of sp³-hybridized carbons (Fsp3) is 0.353. The minimum absolute atomic E-state index is 0.0239. The number of amides is 3. The molecule has 0 aromatic heterocycles. The molecule has 1 aliphatic carbocycles. The van der Waals surface area contributed by atoms with Crippen molar-refractivity contribution in [1.82, 2.24) is 10.2 Å². The van der Waals surface area contributed by atoms with E-state index in [-0.39, 0.29) is 36.7 Å². The van der Waals surface area contributed by atoms with Crippen molar-refractivity contribution in [3.05, 3.63) is 47.8 Å². The molecule has 6 heteroatoms. The van der Waals surface area contributed by atoms with E-state index in [1.54, 1.807) is 18.2 Å². The molecule has 0 radical (unpaired) electrons. The Morgan fingerprint density at radius 1 is 1.13 bits per heavy atom. The quantitative estimate of drug-likeness (QED) is 0.674. The molecule has 2 unspecified atom stereocenters. The van der Waals surface area contributed by atoms with E-state index in [9.17, 15) is 18.8 Å². The Labute approximate surface area is 133 Å². The summed E-state index contributed by atoms with van der Waals surface area (Å²) in [6.45, 7) is -0.282. The average Bonchev–Trinajstić information content (AvgIpc) is 2.80. The Bertz CT molecular complexity index is 660. The van der Waals surface area contributed by atoms with Gasteiger partial charge in [-0.2, -0.15) is 0 Å². The van der Waals surface area contributed by atoms with E-state index in [4.69, 9.17) is 0 Å². The van der Waals surface area contributed by atoms with Crippen LogP contribution in [0.15, 0.2) is 36.4 Å². The van der Waals surface area contributed by atoms with Crippen LogP contribution in [0.3, 0.4) is 0 Å². The molecule has 23 heavy (non-hydrogen) atoms. The molecular formula is C17H17FN2O3. The van der Waals surface area contributed by atoms with Gasteiger partial charge in [-0.15, -0.1) is 0 Å². The van der Waals surface area contributed by atoms with Crippen molar-refractivity contribution in [2.45, 2.75) is 19.4 Å². The van der Waals surface area contributed by atoms with Crippen LogP contribution in [0, 0.1) is 17.7 Å². The first-order chi connectivity index (χ1) is 11.1. The lowest BCUT2D eigenvalue weighted by Crippen LogP contribution is -2.40. The number of carbonyl (C=O) groups excluding carboxylic acids is 3. The molecule has 2 aliphatic rings. The van der Waals surface area contributed by atoms with Gasteiger partial charge in [0.05, 0.1) is 11.8 Å². The maximum atomic E-state index is 13.5. The molecule has 1 N–H and O–H groups in total. The highest BCUT2D eigenvalue weighted by atomic mass is 19.1. The van der Waals surface area contributed by atoms with Crippen LogP contribution in [0.25, 0.3) is 0 Å². The van der Waals surface area contributed by atoms with Crippen molar-refractivity contribution in [2.24, 2.45) is 11.8 Å². The van der Waals surface area contributed by atoms with Gasteiger partial charge in [0.15, 0.2) is 0 Å². The normalized spacial score (nSPS) is 23.1. The molecule has 5 nitrogen and oxygen atoms in total. The second-order valence-corrected chi connectivity index (χ2v) is 5.79. The third-order valence-electron chi connectivity index (χ3n) is 4.33. The number of hydrogen-bond donors (Lipinski definition) is 1. The lowest BCUT2D eigenvalue weighted by molar-refractivity contribution is -0.143. The number of allylic oxidation sites excluding steroid dienone is 2. The fourth-order valence-electron chi connectivity index (χ4n) is 3.06. The molecule has 0 saturated carbocycles. The summed E-state index contributed by atoms with van der Waals surface area (Å²) in [5.41, 5.74) is 0.359. The zero-order valence-corrected chi connectivity index (χ0v) is 12.5. The van der Waals surface area contributed by atoms with Crippen molar-refractivity contribution in [3.8, 4) is 0 Å². The molecular weight excluding hydrogens is 299 g/mol. The third kappa shape index (κ3) is 3.02. The Balaban J connectivity index is 1.59. The molecule has 1 aromatic carbocycles. The van der Waals surface area contributed by atoms with Gasteiger partial charge in [0.2, 0.25) is 17.7 Å². The first kappa shape index (κ1) is 15.4. The second kappa shape index (κ2) is 6.32. The SMILES string of the molecule is O=C(CN1C(=O)C2CC=CCC2C1=O)NCc1ccccc1F. The number of fused-ring (bicyclic) bond motifs is 1. The average molecular weight is 316 g/mol. The number of halogens is 1. The third-order valence-corrected chi connectivity index (χ3v) is 4.33. The lowest BCUT2D eigenvalue weighted by atomic mass is 9.85. The number of rotatable bonds is 4. The summed E-state index contributed by atoms with van der Waals surface area (Å²) in [4.78, 5) is 37.5. The van der Waals surface area contributed by atoms with E-state index in [0.29, 0.717) is 18.4 Å². The van der Waals surface area contributed by atoms with Crippen LogP contribution in [-0.2, 0) is 20.9 Å². The monoisotopic (exact) mass is 316 g/mol. The highest BCUT2D eigenvalue weighted by Crippen LogP contribution is 2.34. The fourth-order valence-corrected chi connectivity index (χ4v) is 3.06. The Kier molecular flexibility index (Phi) is 4.23. The molecule has 1 aliphatic heterocycles. The van der Waals surface area contributed by atoms with Gasteiger partial charge in [-0.25, -0.2) is 4.39 Å². The van der Waals surface area contributed by atoms with Gasteiger partial charge in [-0.3, -0.25) is 19.3 Å². The van der Waals surface area contributed by atoms with Gasteiger partial charge in [-0.1, -0.05) is 30.4 Å². The van der Waals surface area contributed by atoms with Gasteiger partial charge < -0.3 is 5.32 Å². The molecule has 2 atom stereocenters. The molecule has 0 bridgehead atoms. The van der Waals surface area contributed by atoms with Crippen molar-refractivity contribution in [2.75, 3.05) is 6.54 Å². The minimum Gasteiger partial charge on any atom is -0.350 e. The van der Waals surface area contributed by atoms with Crippen LogP contribution in [0.2, 0.25) is 0 Å². The smallest absolute Gasteiger partial charge is 0.240 e. The summed E-state index contributed by atoms with van der Waals surface area (Å²) in [5, 5.41) is 2.55. The lowest BCUT2D eigenvalue weighted by Gasteiger charge is -2.14. The van der Waals surface area contributed by atoms with E-state index in [1.807, 2.05) is 12.2 Å². The molecule has 1 heterocycles. The van der Waals surface area contributed by atoms with Crippen LogP contribution in [-0.4, -0.2) is 29.2 Å². The minimum atomic E-state index is -0.471. The van der Waals surface area contributed by atoms with Crippen molar-refractivity contribution in [3.63, 3.8) is 0 Å². The first-order valence-electron chi connectivity index (χ1n) is 7.58. The molecule has 1 fully saturated rings. The van der Waals surface area contributed by atoms with Crippen LogP contribution in [0.5, 0.6) is 0 Å². The van der Waals surface area contributed by atoms with Crippen molar-refractivity contribution in [1.29, 1.82) is 0 Å². The van der Waals surface area contributed by atoms with Gasteiger partial charge in [0.25, 0.3) is 0 Å². The van der Waals surface area contributed by atoms with Crippen molar-refractivity contribution >= 4 is 17.7 Å². The predicted molar refractivity (Wildman–Crippen MR) is 80.3 cm³/mol. The summed E-state index contributed by atoms with van der Waals surface area (Å²) >= 11 is 0. The molecule has 0 spiro atoms. The van der Waals surface area contributed by atoms with E-state index >= 15 is 0 Å². The van der Waals surface area contributed by atoms with E-state index in [0.717, 1.165) is 4.90 Å². The number of benzene rings is 1. The molecule has 3 amide bonds. The zero-order chi connectivity index (χ0) is 16.4. The van der Waals surface area contributed by atoms with Crippen LogP contribution < -0.4 is 5.32 Å². The predicted octanol–water partition coefficient (Wildman–Crippen LogP) is 1.39. The van der Waals surface area contributed by atoms with E-state index in [2.05, 4.69) is 5.32 Å². The van der Waals surface area contributed by atoms with Gasteiger partial charge in [0.1, 0.15) is 12.4 Å². The number of hydrogen-bond acceptors (Lipinski definition) is 3. The topological polar surface area (TPSA) is 66.5 Å². The van der Waals surface area contributed by atoms with E-state index in [1.165, 1.54) is 6.07 Å². The Hall–Kier alpha value is -2.50. The van der Waals surface area contributed by atoms with Crippen LogP contribution in [0.4, 0.5) is 4.39 Å². The maximum Gasteiger partial charge on any atom is 0.240 e. The van der Waals surface area contributed by atoms with Gasteiger partial charge >= 0.3 is 0 Å². The number of nitrogens with one attached hydrogen (secondary N) is 1. The molecule has 1 saturated heterocycles. The highest BCUT2D eigenvalue weighted by molar-refractivity contribution is 6.07. The highest BCUT2D eigenvalue weighted by Gasteiger charge is 2.47. The van der Waals surface area contributed by atoms with Crippen LogP contribution >= 0.6 is 0 Å². The first-order valence-corrected chi connectivity index (χ1v) is 7.58. The summed E-state index contributed by atoms with van der Waals surface area (Å²) in [6.07, 6.45) is 4.88. The van der Waals surface area contributed by atoms with Gasteiger partial charge in [0, 0.05) is 12.1 Å². The maximum absolute atomic E-state index is 13.5. The molecule has 3 rings (SSSR count). The number of nitrogens with zero attached hydrogens (tertiary/aromatic N) is 1. The second-order valence-electron chi connectivity index (χ2n) is 5.79. The number of likely N-dealkylation sites (tertiary alicyclic amines) is 1. The Morgan fingerprint density at radius 3 is 2.35 bits per heavy atom. The zero-order valence-electron chi connectivity index (χ0n) is 12.5. The molecule has 120 valence electrons. The summed E-state index contributed by atoms with van der Waals surface area (Å²) in [6, 6.07) is 6.13. The number of carbonyl (C=O) groups is 3. The van der Waals surface area contributed by atoms with Crippen molar-refractivity contribution < 1.29 is 18.8 Å². The van der Waals surface area contributed by atoms with E-state index < -0.39 is 11.7 Å². The largest absolute Gasteiger partial charge is 0.350 e. The summed E-state index contributed by atoms with van der Waals surface area (Å²) < 4.78 is 13.5. The van der Waals surface area contributed by atoms with Gasteiger partial charge in [-0.05, 0) is 18.9 Å². The summed E-state index contributed by atoms with van der Waals surface area (Å²) in [7, 11) is 0. The summed E-state index contributed by atoms with van der Waals surface area (Å²) in [5.74, 6) is -2.13. The molecule has 1 aromatic rings. The number of imide groups is 1. The standard InChI is InChI=1S/C17H17FN2O3/c18-14-8-4-1-5-11(14)9-19-15(21)10-20-16(22)12-6-2-3-7-13(12)17(20)23/h1-5,8,12-13H,6-7,9-10H2,(H,19,21). The Morgan fingerprint density at radius 2 is 1.74 bits per heavy atom. The van der Waals surface area contributed by atoms with Crippen LogP contribution in [0.1, 0.15) is 18.4 Å².